The average Bonchev–Trinajstić information content (AvgIpc) is 3.85. The Morgan fingerprint density at radius 3 is 2.05 bits per heavy atom. The molecule has 0 atom stereocenters. The van der Waals surface area contributed by atoms with Crippen molar-refractivity contribution < 1.29 is 8.83 Å². The summed E-state index contributed by atoms with van der Waals surface area (Å²) in [4.78, 5) is 1.28. The summed E-state index contributed by atoms with van der Waals surface area (Å²) in [6.45, 7) is 3.20. The number of thiophene rings is 1. The first-order valence-corrected chi connectivity index (χ1v) is 15.1. The van der Waals surface area contributed by atoms with Crippen molar-refractivity contribution in [3.63, 3.8) is 0 Å². The summed E-state index contributed by atoms with van der Waals surface area (Å²) in [7, 11) is 0. The number of fused-ring (bicyclic) bond motifs is 7. The molecule has 0 aliphatic heterocycles. The van der Waals surface area contributed by atoms with Crippen molar-refractivity contribution in [3.05, 3.63) is 126 Å². The zero-order chi connectivity index (χ0) is 28.0. The van der Waals surface area contributed by atoms with Crippen molar-refractivity contribution in [3.8, 4) is 5.69 Å². The first kappa shape index (κ1) is 24.8. The van der Waals surface area contributed by atoms with Crippen LogP contribution in [0.15, 0.2) is 112 Å². The number of aryl methyl sites for hydroxylation is 1. The average molecular weight is 565 g/mol. The molecule has 0 saturated heterocycles. The molecule has 0 N–H and O–H groups in total. The maximum absolute atomic E-state index is 5.52. The topological polar surface area (TPSA) is 36.1 Å². The van der Waals surface area contributed by atoms with Crippen LogP contribution in [0.1, 0.15) is 36.0 Å². The van der Waals surface area contributed by atoms with Gasteiger partial charge in [-0.3, -0.25) is 4.57 Å². The molecule has 42 heavy (non-hydrogen) atoms. The van der Waals surface area contributed by atoms with Gasteiger partial charge in [0.1, 0.15) is 16.4 Å². The van der Waals surface area contributed by atoms with E-state index in [1.165, 1.54) is 47.9 Å². The van der Waals surface area contributed by atoms with Gasteiger partial charge in [0.05, 0.1) is 29.1 Å². The van der Waals surface area contributed by atoms with E-state index < -0.39 is 0 Å². The third-order valence-corrected chi connectivity index (χ3v) is 8.99. The second-order valence-corrected chi connectivity index (χ2v) is 11.6. The highest BCUT2D eigenvalue weighted by molar-refractivity contribution is 7.25. The molecule has 8 rings (SSSR count). The quantitative estimate of drug-likeness (QED) is 0.193. The van der Waals surface area contributed by atoms with Crippen LogP contribution < -0.4 is 0 Å². The summed E-state index contributed by atoms with van der Waals surface area (Å²) in [5.41, 5.74) is 7.33. The number of hydrogen-bond acceptors (Lipinski definition) is 3. The molecule has 0 unspecified atom stereocenters. The van der Waals surface area contributed by atoms with Crippen molar-refractivity contribution in [1.82, 2.24) is 9.13 Å². The number of aromatic nitrogens is 2. The van der Waals surface area contributed by atoms with E-state index in [2.05, 4.69) is 94.9 Å². The minimum absolute atomic E-state index is 0.851. The van der Waals surface area contributed by atoms with Crippen LogP contribution in [0, 0.1) is 0 Å². The molecule has 5 aromatic heterocycles. The number of hydrogen-bond donors (Lipinski definition) is 0. The molecule has 0 saturated carbocycles. The van der Waals surface area contributed by atoms with Gasteiger partial charge in [-0.25, -0.2) is 0 Å². The molecule has 0 aliphatic rings. The Hall–Kier alpha value is -5.00. The zero-order valence-corrected chi connectivity index (χ0v) is 24.0. The summed E-state index contributed by atoms with van der Waals surface area (Å²) in [5, 5.41) is 3.89. The minimum Gasteiger partial charge on any atom is -0.465 e. The second kappa shape index (κ2) is 10.1. The largest absolute Gasteiger partial charge is 0.465 e. The van der Waals surface area contributed by atoms with Gasteiger partial charge in [-0.15, -0.1) is 11.3 Å². The minimum atomic E-state index is 0.851. The standard InChI is InChI=1S/C37H28N2O2S/c1-2-20-38-32-23-25(12-16-28-10-6-21-40-28)14-18-30(32)35-36(38)34-31-19-15-26(13-17-29-11-7-22-41-29)24-33(31)42-37(34)39(35)27-8-4-3-5-9-27/h3-19,21-24H,2,20H2,1H3/b16-12+,17-13+. The number of nitrogens with zero attached hydrogens (tertiary/aromatic N) is 2. The van der Waals surface area contributed by atoms with E-state index in [-0.39, 0.29) is 0 Å². The number of benzene rings is 3. The first-order chi connectivity index (χ1) is 20.8. The molecule has 0 aliphatic carbocycles. The maximum atomic E-state index is 5.52. The smallest absolute Gasteiger partial charge is 0.126 e. The lowest BCUT2D eigenvalue weighted by Crippen LogP contribution is -1.95. The molecular formula is C37H28N2O2S. The Kier molecular flexibility index (Phi) is 5.97. The molecule has 0 fully saturated rings. The van der Waals surface area contributed by atoms with Crippen LogP contribution in [0.3, 0.4) is 0 Å². The normalized spacial score (nSPS) is 12.4. The predicted molar refractivity (Wildman–Crippen MR) is 177 cm³/mol. The van der Waals surface area contributed by atoms with Crippen molar-refractivity contribution in [2.45, 2.75) is 19.9 Å². The van der Waals surface area contributed by atoms with Gasteiger partial charge in [-0.2, -0.15) is 0 Å². The fourth-order valence-corrected chi connectivity index (χ4v) is 7.31. The SMILES string of the molecule is CCCn1c2cc(/C=C/c3ccco3)ccc2c2c1c1c3ccc(/C=C/c4ccco4)cc3sc1n2-c1ccccc1. The van der Waals surface area contributed by atoms with Gasteiger partial charge in [-0.1, -0.05) is 61.5 Å². The molecule has 4 nitrogen and oxygen atoms in total. The first-order valence-electron chi connectivity index (χ1n) is 14.3. The monoisotopic (exact) mass is 564 g/mol. The summed E-state index contributed by atoms with van der Waals surface area (Å²) in [5.74, 6) is 1.70. The molecule has 204 valence electrons. The Morgan fingerprint density at radius 2 is 1.38 bits per heavy atom. The summed E-state index contributed by atoms with van der Waals surface area (Å²) in [6.07, 6.45) is 12.8. The second-order valence-electron chi connectivity index (χ2n) is 10.5. The van der Waals surface area contributed by atoms with E-state index in [0.717, 1.165) is 35.6 Å². The molecule has 3 aromatic carbocycles. The molecule has 0 spiro atoms. The molecule has 0 radical (unpaired) electrons. The van der Waals surface area contributed by atoms with E-state index in [1.54, 1.807) is 12.5 Å². The third kappa shape index (κ3) is 4.05. The van der Waals surface area contributed by atoms with Crippen LogP contribution in [0.2, 0.25) is 0 Å². The van der Waals surface area contributed by atoms with Crippen molar-refractivity contribution in [2.24, 2.45) is 0 Å². The van der Waals surface area contributed by atoms with Gasteiger partial charge in [-0.05, 0) is 78.2 Å². The number of para-hydroxylation sites is 1. The highest BCUT2D eigenvalue weighted by atomic mass is 32.1. The number of rotatable bonds is 7. The molecule has 5 heterocycles. The molecule has 0 bridgehead atoms. The molecule has 0 amide bonds. The van der Waals surface area contributed by atoms with E-state index >= 15 is 0 Å². The Morgan fingerprint density at radius 1 is 0.690 bits per heavy atom. The van der Waals surface area contributed by atoms with E-state index in [1.807, 2.05) is 47.8 Å². The Labute approximate surface area is 247 Å². The Bertz CT molecular complexity index is 2240. The molecule has 5 heteroatoms. The zero-order valence-electron chi connectivity index (χ0n) is 23.2. The van der Waals surface area contributed by atoms with Crippen LogP contribution in [0.5, 0.6) is 0 Å². The van der Waals surface area contributed by atoms with Crippen LogP contribution in [-0.4, -0.2) is 9.13 Å². The summed E-state index contributed by atoms with van der Waals surface area (Å²) >= 11 is 1.87. The van der Waals surface area contributed by atoms with Crippen molar-refractivity contribution in [2.75, 3.05) is 0 Å². The lowest BCUT2D eigenvalue weighted by molar-refractivity contribution is 0.557. The van der Waals surface area contributed by atoms with Gasteiger partial charge in [0.25, 0.3) is 0 Å². The van der Waals surface area contributed by atoms with Crippen molar-refractivity contribution >= 4 is 77.9 Å². The van der Waals surface area contributed by atoms with E-state index in [9.17, 15) is 0 Å². The van der Waals surface area contributed by atoms with Crippen LogP contribution >= 0.6 is 11.3 Å². The van der Waals surface area contributed by atoms with Gasteiger partial charge < -0.3 is 13.4 Å². The van der Waals surface area contributed by atoms with Crippen LogP contribution in [-0.2, 0) is 6.54 Å². The lowest BCUT2D eigenvalue weighted by Gasteiger charge is -2.07. The van der Waals surface area contributed by atoms with Gasteiger partial charge in [0.15, 0.2) is 0 Å². The Balaban J connectivity index is 1.40. The molecular weight excluding hydrogens is 536 g/mol. The van der Waals surface area contributed by atoms with Gasteiger partial charge >= 0.3 is 0 Å². The number of furan rings is 2. The van der Waals surface area contributed by atoms with Crippen molar-refractivity contribution in [1.29, 1.82) is 0 Å². The summed E-state index contributed by atoms with van der Waals surface area (Å²) in [6, 6.07) is 32.1. The van der Waals surface area contributed by atoms with E-state index in [4.69, 9.17) is 8.83 Å². The van der Waals surface area contributed by atoms with Crippen LogP contribution in [0.4, 0.5) is 0 Å². The fraction of sp³-hybridized carbons (Fsp3) is 0.0811. The van der Waals surface area contributed by atoms with Gasteiger partial charge in [0.2, 0.25) is 0 Å². The third-order valence-electron chi connectivity index (χ3n) is 7.85. The molecule has 8 aromatic rings. The maximum Gasteiger partial charge on any atom is 0.126 e. The predicted octanol–water partition coefficient (Wildman–Crippen LogP) is 10.9. The lowest BCUT2D eigenvalue weighted by atomic mass is 10.1. The van der Waals surface area contributed by atoms with Crippen LogP contribution in [0.25, 0.3) is 72.2 Å². The highest BCUT2D eigenvalue weighted by Gasteiger charge is 2.24. The van der Waals surface area contributed by atoms with Gasteiger partial charge in [0, 0.05) is 33.1 Å². The van der Waals surface area contributed by atoms with E-state index in [0.29, 0.717) is 0 Å². The fourth-order valence-electron chi connectivity index (χ4n) is 6.03. The summed E-state index contributed by atoms with van der Waals surface area (Å²) < 4.78 is 17.3. The highest BCUT2D eigenvalue weighted by Crippen LogP contribution is 2.46.